The summed E-state index contributed by atoms with van der Waals surface area (Å²) in [4.78, 5) is 14.7. The van der Waals surface area contributed by atoms with E-state index >= 15 is 0 Å². The lowest BCUT2D eigenvalue weighted by Gasteiger charge is -2.33. The van der Waals surface area contributed by atoms with Crippen molar-refractivity contribution in [2.75, 3.05) is 19.6 Å². The first-order valence-corrected chi connectivity index (χ1v) is 8.35. The molecule has 0 bridgehead atoms. The van der Waals surface area contributed by atoms with E-state index < -0.39 is 0 Å². The Morgan fingerprint density at radius 1 is 1.35 bits per heavy atom. The van der Waals surface area contributed by atoms with Gasteiger partial charge in [-0.1, -0.05) is 11.6 Å². The molecule has 2 rings (SSSR count). The first kappa shape index (κ1) is 15.6. The number of nitrogens with one attached hydrogen (secondary N) is 1. The summed E-state index contributed by atoms with van der Waals surface area (Å²) in [5.74, 6) is 1.02. The summed E-state index contributed by atoms with van der Waals surface area (Å²) >= 11 is 0. The number of carbonyl (C=O) groups excluding carboxylic acids is 1. The van der Waals surface area contributed by atoms with Gasteiger partial charge in [0, 0.05) is 19.0 Å². The van der Waals surface area contributed by atoms with Gasteiger partial charge in [-0.25, -0.2) is 0 Å². The molecule has 2 aliphatic rings. The highest BCUT2D eigenvalue weighted by Gasteiger charge is 2.23. The van der Waals surface area contributed by atoms with E-state index in [4.69, 9.17) is 0 Å². The minimum atomic E-state index is 0.321. The molecular weight excluding hydrogens is 248 g/mol. The van der Waals surface area contributed by atoms with E-state index in [9.17, 15) is 4.79 Å². The van der Waals surface area contributed by atoms with Crippen LogP contribution < -0.4 is 5.32 Å². The molecule has 0 unspecified atom stereocenters. The van der Waals surface area contributed by atoms with Gasteiger partial charge in [-0.05, 0) is 71.4 Å². The van der Waals surface area contributed by atoms with Crippen LogP contribution in [-0.2, 0) is 4.79 Å². The molecule has 114 valence electrons. The van der Waals surface area contributed by atoms with Crippen molar-refractivity contribution in [2.24, 2.45) is 5.92 Å². The molecule has 0 aromatic heterocycles. The lowest BCUT2D eigenvalue weighted by Crippen LogP contribution is -2.43. The molecule has 3 heteroatoms. The zero-order valence-electron chi connectivity index (χ0n) is 13.2. The highest BCUT2D eigenvalue weighted by Crippen LogP contribution is 2.22. The van der Waals surface area contributed by atoms with Crippen molar-refractivity contribution in [1.29, 1.82) is 0 Å². The number of hydrogen-bond donors (Lipinski definition) is 1. The van der Waals surface area contributed by atoms with Crippen LogP contribution in [0.1, 0.15) is 58.8 Å². The molecule has 0 saturated carbocycles. The molecule has 0 aromatic carbocycles. The monoisotopic (exact) mass is 278 g/mol. The summed E-state index contributed by atoms with van der Waals surface area (Å²) in [6.07, 6.45) is 10.2. The quantitative estimate of drug-likeness (QED) is 0.784. The second-order valence-corrected chi connectivity index (χ2v) is 6.62. The maximum atomic E-state index is 12.6. The Bertz CT molecular complexity index is 343. The first-order valence-electron chi connectivity index (χ1n) is 8.35. The fourth-order valence-electron chi connectivity index (χ4n) is 3.30. The Balaban J connectivity index is 1.89. The molecule has 1 N–H and O–H groups in total. The van der Waals surface area contributed by atoms with Crippen molar-refractivity contribution in [1.82, 2.24) is 10.2 Å². The molecule has 1 aliphatic heterocycles. The third-order valence-electron chi connectivity index (χ3n) is 4.62. The van der Waals surface area contributed by atoms with Crippen molar-refractivity contribution in [3.05, 3.63) is 11.6 Å². The summed E-state index contributed by atoms with van der Waals surface area (Å²) in [5, 5.41) is 3.40. The number of nitrogens with zero attached hydrogens (tertiary/aromatic N) is 1. The molecule has 0 aromatic rings. The Kier molecular flexibility index (Phi) is 6.08. The third-order valence-corrected chi connectivity index (χ3v) is 4.62. The van der Waals surface area contributed by atoms with Gasteiger partial charge in [-0.2, -0.15) is 0 Å². The van der Waals surface area contributed by atoms with E-state index in [-0.39, 0.29) is 0 Å². The highest BCUT2D eigenvalue weighted by atomic mass is 16.2. The summed E-state index contributed by atoms with van der Waals surface area (Å²) in [5.41, 5.74) is 1.37. The molecule has 20 heavy (non-hydrogen) atoms. The maximum Gasteiger partial charge on any atom is 0.226 e. The fourth-order valence-corrected chi connectivity index (χ4v) is 3.30. The first-order chi connectivity index (χ1) is 9.66. The molecule has 1 amide bonds. The maximum absolute atomic E-state index is 12.6. The van der Waals surface area contributed by atoms with Gasteiger partial charge >= 0.3 is 0 Å². The van der Waals surface area contributed by atoms with Crippen LogP contribution in [0.25, 0.3) is 0 Å². The smallest absolute Gasteiger partial charge is 0.226 e. The third kappa shape index (κ3) is 4.62. The second kappa shape index (κ2) is 7.82. The lowest BCUT2D eigenvalue weighted by molar-refractivity contribution is -0.133. The van der Waals surface area contributed by atoms with Crippen molar-refractivity contribution in [3.8, 4) is 0 Å². The molecular formula is C17H30N2O. The minimum absolute atomic E-state index is 0.321. The molecule has 1 heterocycles. The van der Waals surface area contributed by atoms with Gasteiger partial charge in [-0.3, -0.25) is 4.79 Å². The van der Waals surface area contributed by atoms with Crippen LogP contribution in [0.4, 0.5) is 0 Å². The van der Waals surface area contributed by atoms with Crippen LogP contribution in [0.5, 0.6) is 0 Å². The molecule has 3 nitrogen and oxygen atoms in total. The topological polar surface area (TPSA) is 32.3 Å². The van der Waals surface area contributed by atoms with Crippen LogP contribution in [0, 0.1) is 5.92 Å². The van der Waals surface area contributed by atoms with Gasteiger partial charge < -0.3 is 10.2 Å². The lowest BCUT2D eigenvalue weighted by atomic mass is 9.95. The Labute approximate surface area is 123 Å². The molecule has 0 atom stereocenters. The number of amides is 1. The number of rotatable bonds is 5. The largest absolute Gasteiger partial charge is 0.340 e. The zero-order chi connectivity index (χ0) is 14.4. The molecule has 0 spiro atoms. The van der Waals surface area contributed by atoms with Gasteiger partial charge in [0.2, 0.25) is 5.91 Å². The molecule has 1 saturated heterocycles. The number of carbonyl (C=O) groups is 1. The van der Waals surface area contributed by atoms with E-state index in [1.165, 1.54) is 37.7 Å². The highest BCUT2D eigenvalue weighted by molar-refractivity contribution is 5.79. The Morgan fingerprint density at radius 2 is 2.10 bits per heavy atom. The summed E-state index contributed by atoms with van der Waals surface area (Å²) in [6, 6.07) is 0.321. The van der Waals surface area contributed by atoms with Crippen molar-refractivity contribution in [3.63, 3.8) is 0 Å². The fraction of sp³-hybridized carbons (Fsp3) is 0.824. The van der Waals surface area contributed by atoms with E-state index in [0.29, 0.717) is 24.3 Å². The summed E-state index contributed by atoms with van der Waals surface area (Å²) < 4.78 is 0. The normalized spacial score (nSPS) is 20.9. The van der Waals surface area contributed by atoms with E-state index in [0.717, 1.165) is 26.1 Å². The van der Waals surface area contributed by atoms with Crippen molar-refractivity contribution >= 4 is 5.91 Å². The number of piperidine rings is 1. The van der Waals surface area contributed by atoms with Crippen LogP contribution in [0.15, 0.2) is 11.6 Å². The summed E-state index contributed by atoms with van der Waals surface area (Å²) in [7, 11) is 0. The average molecular weight is 278 g/mol. The van der Waals surface area contributed by atoms with Gasteiger partial charge in [-0.15, -0.1) is 0 Å². The van der Waals surface area contributed by atoms with Crippen molar-refractivity contribution < 1.29 is 4.79 Å². The number of allylic oxidation sites excluding steroid dienone is 1. The van der Waals surface area contributed by atoms with Crippen molar-refractivity contribution in [2.45, 2.75) is 64.8 Å². The molecule has 1 fully saturated rings. The second-order valence-electron chi connectivity index (χ2n) is 6.62. The van der Waals surface area contributed by atoms with Crippen LogP contribution in [-0.4, -0.2) is 36.5 Å². The van der Waals surface area contributed by atoms with Crippen LogP contribution >= 0.6 is 0 Å². The SMILES string of the molecule is CC(C)N(CC1CCNCC1)C(=O)CC1=CCCCC1. The van der Waals surface area contributed by atoms with Crippen LogP contribution in [0.2, 0.25) is 0 Å². The van der Waals surface area contributed by atoms with E-state index in [2.05, 4.69) is 30.1 Å². The van der Waals surface area contributed by atoms with Gasteiger partial charge in [0.05, 0.1) is 0 Å². The van der Waals surface area contributed by atoms with E-state index in [1.807, 2.05) is 0 Å². The molecule has 1 aliphatic carbocycles. The predicted octanol–water partition coefficient (Wildman–Crippen LogP) is 3.11. The Morgan fingerprint density at radius 3 is 2.70 bits per heavy atom. The summed E-state index contributed by atoms with van der Waals surface area (Å²) in [6.45, 7) is 7.46. The standard InChI is InChI=1S/C17H30N2O/c1-14(2)19(13-16-8-10-18-11-9-16)17(20)12-15-6-4-3-5-7-15/h6,14,16,18H,3-5,7-13H2,1-2H3. The van der Waals surface area contributed by atoms with Gasteiger partial charge in [0.15, 0.2) is 0 Å². The zero-order valence-corrected chi connectivity index (χ0v) is 13.2. The predicted molar refractivity (Wildman–Crippen MR) is 83.6 cm³/mol. The minimum Gasteiger partial charge on any atom is -0.340 e. The van der Waals surface area contributed by atoms with Gasteiger partial charge in [0.1, 0.15) is 0 Å². The Hall–Kier alpha value is -0.830. The molecule has 0 radical (unpaired) electrons. The van der Waals surface area contributed by atoms with E-state index in [1.54, 1.807) is 0 Å². The number of hydrogen-bond acceptors (Lipinski definition) is 2. The van der Waals surface area contributed by atoms with Gasteiger partial charge in [0.25, 0.3) is 0 Å². The average Bonchev–Trinajstić information content (AvgIpc) is 2.46. The van der Waals surface area contributed by atoms with Crippen LogP contribution in [0.3, 0.4) is 0 Å².